The number of nitrogen functional groups attached to an aromatic ring is 1. The predicted octanol–water partition coefficient (Wildman–Crippen LogP) is 2.43. The van der Waals surface area contributed by atoms with Crippen LogP contribution in [-0.4, -0.2) is 22.6 Å². The van der Waals surface area contributed by atoms with Crippen LogP contribution >= 0.6 is 11.6 Å². The third kappa shape index (κ3) is 3.74. The molecule has 1 amide bonds. The molecular formula is C9H13ClN4O4. The summed E-state index contributed by atoms with van der Waals surface area (Å²) in [5.41, 5.74) is 4.84. The van der Waals surface area contributed by atoms with Crippen LogP contribution in [0.2, 0.25) is 5.02 Å². The molecular weight excluding hydrogens is 264 g/mol. The number of hydrogen-bond donors (Lipinski definition) is 2. The van der Waals surface area contributed by atoms with Gasteiger partial charge in [-0.15, -0.1) is 0 Å². The van der Waals surface area contributed by atoms with Gasteiger partial charge in [-0.05, 0) is 6.92 Å². The fraction of sp³-hybridized carbons (Fsp3) is 0.333. The van der Waals surface area contributed by atoms with Crippen molar-refractivity contribution in [2.24, 2.45) is 0 Å². The number of aromatic nitrogens is 1. The molecule has 1 aromatic rings. The lowest BCUT2D eigenvalue weighted by Gasteiger charge is -2.06. The average Bonchev–Trinajstić information content (AvgIpc) is 2.15. The SMILES string of the molecule is C.CCOC(=O)Nc1cc(Cl)c([N+](=O)[O-])c(N)n1. The van der Waals surface area contributed by atoms with Crippen molar-refractivity contribution in [2.45, 2.75) is 14.4 Å². The molecule has 0 spiro atoms. The second-order valence-electron chi connectivity index (χ2n) is 2.83. The summed E-state index contributed by atoms with van der Waals surface area (Å²) in [4.78, 5) is 24.5. The fourth-order valence-corrected chi connectivity index (χ4v) is 1.31. The van der Waals surface area contributed by atoms with E-state index in [9.17, 15) is 14.9 Å². The monoisotopic (exact) mass is 276 g/mol. The van der Waals surface area contributed by atoms with Gasteiger partial charge in [-0.25, -0.2) is 9.78 Å². The molecule has 0 atom stereocenters. The van der Waals surface area contributed by atoms with Gasteiger partial charge in [0.05, 0.1) is 11.5 Å². The molecule has 0 aliphatic heterocycles. The Morgan fingerprint density at radius 3 is 2.78 bits per heavy atom. The first-order chi connectivity index (χ1) is 7.95. The summed E-state index contributed by atoms with van der Waals surface area (Å²) in [5, 5.41) is 12.6. The molecule has 0 aliphatic rings. The largest absolute Gasteiger partial charge is 0.450 e. The highest BCUT2D eigenvalue weighted by molar-refractivity contribution is 6.33. The molecule has 3 N–H and O–H groups in total. The van der Waals surface area contributed by atoms with E-state index in [0.717, 1.165) is 6.07 Å². The Labute approximate surface area is 108 Å². The number of amides is 1. The van der Waals surface area contributed by atoms with Crippen molar-refractivity contribution in [2.75, 3.05) is 17.7 Å². The van der Waals surface area contributed by atoms with Crippen molar-refractivity contribution in [3.8, 4) is 0 Å². The third-order valence-corrected chi connectivity index (χ3v) is 1.95. The van der Waals surface area contributed by atoms with Gasteiger partial charge in [0.25, 0.3) is 0 Å². The standard InChI is InChI=1S/C8H9ClN4O4.CH4/c1-2-17-8(14)12-5-3-4(9)6(13(15)16)7(10)11-5;/h3H,2H2,1H3,(H3,10,11,12,14);1H4. The van der Waals surface area contributed by atoms with Crippen molar-refractivity contribution < 1.29 is 14.5 Å². The Kier molecular flexibility index (Phi) is 5.83. The van der Waals surface area contributed by atoms with E-state index < -0.39 is 16.7 Å². The zero-order valence-electron chi connectivity index (χ0n) is 8.77. The van der Waals surface area contributed by atoms with E-state index in [2.05, 4.69) is 15.0 Å². The lowest BCUT2D eigenvalue weighted by molar-refractivity contribution is -0.384. The van der Waals surface area contributed by atoms with Gasteiger partial charge in [0.15, 0.2) is 0 Å². The van der Waals surface area contributed by atoms with Gasteiger partial charge >= 0.3 is 11.8 Å². The maximum absolute atomic E-state index is 11.1. The van der Waals surface area contributed by atoms with Crippen LogP contribution in [0.5, 0.6) is 0 Å². The molecule has 1 aromatic heterocycles. The van der Waals surface area contributed by atoms with E-state index in [1.54, 1.807) is 6.92 Å². The summed E-state index contributed by atoms with van der Waals surface area (Å²) >= 11 is 5.64. The van der Waals surface area contributed by atoms with Crippen LogP contribution in [-0.2, 0) is 4.74 Å². The Morgan fingerprint density at radius 2 is 2.33 bits per heavy atom. The maximum atomic E-state index is 11.1. The summed E-state index contributed by atoms with van der Waals surface area (Å²) in [6, 6.07) is 1.12. The van der Waals surface area contributed by atoms with E-state index >= 15 is 0 Å². The number of nitro groups is 1. The summed E-state index contributed by atoms with van der Waals surface area (Å²) in [6.45, 7) is 1.81. The number of nitrogens with one attached hydrogen (secondary N) is 1. The highest BCUT2D eigenvalue weighted by Gasteiger charge is 2.20. The van der Waals surface area contributed by atoms with Gasteiger partial charge in [-0.2, -0.15) is 0 Å². The van der Waals surface area contributed by atoms with Gasteiger partial charge in [0.2, 0.25) is 5.82 Å². The molecule has 0 unspecified atom stereocenters. The van der Waals surface area contributed by atoms with Crippen molar-refractivity contribution >= 4 is 35.0 Å². The maximum Gasteiger partial charge on any atom is 0.412 e. The summed E-state index contributed by atoms with van der Waals surface area (Å²) in [5.74, 6) is -0.397. The Hall–Kier alpha value is -2.09. The predicted molar refractivity (Wildman–Crippen MR) is 67.7 cm³/mol. The normalized spacial score (nSPS) is 9.22. The number of hydrogen-bond acceptors (Lipinski definition) is 6. The highest BCUT2D eigenvalue weighted by Crippen LogP contribution is 2.31. The van der Waals surface area contributed by atoms with Gasteiger partial charge in [0, 0.05) is 6.07 Å². The highest BCUT2D eigenvalue weighted by atomic mass is 35.5. The summed E-state index contributed by atoms with van der Waals surface area (Å²) in [7, 11) is 0. The van der Waals surface area contributed by atoms with E-state index in [-0.39, 0.29) is 30.7 Å². The van der Waals surface area contributed by atoms with Gasteiger partial charge in [0.1, 0.15) is 10.8 Å². The van der Waals surface area contributed by atoms with Crippen molar-refractivity contribution in [1.29, 1.82) is 0 Å². The van der Waals surface area contributed by atoms with Crippen LogP contribution in [0, 0.1) is 10.1 Å². The second kappa shape index (κ2) is 6.60. The minimum atomic E-state index is -0.751. The minimum absolute atomic E-state index is 0. The lowest BCUT2D eigenvalue weighted by atomic mass is 10.4. The molecule has 1 heterocycles. The first kappa shape index (κ1) is 15.9. The molecule has 0 bridgehead atoms. The number of nitrogens with two attached hydrogens (primary N) is 1. The molecule has 0 saturated heterocycles. The smallest absolute Gasteiger partial charge is 0.412 e. The fourth-order valence-electron chi connectivity index (χ4n) is 1.04. The van der Waals surface area contributed by atoms with Gasteiger partial charge in [-0.1, -0.05) is 19.0 Å². The molecule has 9 heteroatoms. The Morgan fingerprint density at radius 1 is 1.72 bits per heavy atom. The number of pyridine rings is 1. The number of carbonyl (C=O) groups is 1. The van der Waals surface area contributed by atoms with Crippen LogP contribution in [0.3, 0.4) is 0 Å². The average molecular weight is 277 g/mol. The number of ether oxygens (including phenoxy) is 1. The van der Waals surface area contributed by atoms with Gasteiger partial charge < -0.3 is 10.5 Å². The Balaban J connectivity index is 0.00000289. The van der Waals surface area contributed by atoms with E-state index in [0.29, 0.717) is 0 Å². The number of anilines is 2. The molecule has 0 radical (unpaired) electrons. The molecule has 0 aliphatic carbocycles. The first-order valence-corrected chi connectivity index (χ1v) is 4.87. The second-order valence-corrected chi connectivity index (χ2v) is 3.23. The molecule has 1 rings (SSSR count). The quantitative estimate of drug-likeness (QED) is 0.646. The zero-order chi connectivity index (χ0) is 13.0. The molecule has 0 fully saturated rings. The molecule has 18 heavy (non-hydrogen) atoms. The van der Waals surface area contributed by atoms with Crippen LogP contribution < -0.4 is 11.1 Å². The molecule has 0 saturated carbocycles. The van der Waals surface area contributed by atoms with Crippen molar-refractivity contribution in [3.05, 3.63) is 21.2 Å². The number of carbonyl (C=O) groups excluding carboxylic acids is 1. The topological polar surface area (TPSA) is 120 Å². The molecule has 8 nitrogen and oxygen atoms in total. The van der Waals surface area contributed by atoms with Crippen LogP contribution in [0.1, 0.15) is 14.4 Å². The minimum Gasteiger partial charge on any atom is -0.450 e. The number of nitrogens with zero attached hydrogens (tertiary/aromatic N) is 2. The third-order valence-electron chi connectivity index (χ3n) is 1.66. The zero-order valence-corrected chi connectivity index (χ0v) is 9.52. The number of halogens is 1. The van der Waals surface area contributed by atoms with Crippen molar-refractivity contribution in [3.63, 3.8) is 0 Å². The van der Waals surface area contributed by atoms with Gasteiger partial charge in [-0.3, -0.25) is 15.4 Å². The summed E-state index contributed by atoms with van der Waals surface area (Å²) < 4.78 is 4.60. The van der Waals surface area contributed by atoms with E-state index in [4.69, 9.17) is 17.3 Å². The summed E-state index contributed by atoms with van der Waals surface area (Å²) in [6.07, 6.45) is -0.746. The van der Waals surface area contributed by atoms with Crippen LogP contribution in [0.25, 0.3) is 0 Å². The molecule has 0 aromatic carbocycles. The first-order valence-electron chi connectivity index (χ1n) is 4.50. The van der Waals surface area contributed by atoms with E-state index in [1.807, 2.05) is 0 Å². The lowest BCUT2D eigenvalue weighted by Crippen LogP contribution is -2.15. The Bertz CT molecular complexity index is 443. The van der Waals surface area contributed by atoms with Crippen LogP contribution in [0.15, 0.2) is 6.07 Å². The molecule has 100 valence electrons. The van der Waals surface area contributed by atoms with Crippen molar-refractivity contribution in [1.82, 2.24) is 4.98 Å². The van der Waals surface area contributed by atoms with E-state index in [1.165, 1.54) is 0 Å². The number of rotatable bonds is 3. The van der Waals surface area contributed by atoms with Crippen LogP contribution in [0.4, 0.5) is 22.1 Å².